The Balaban J connectivity index is 2.17. The van der Waals surface area contributed by atoms with E-state index in [1.165, 1.54) is 24.1 Å². The van der Waals surface area contributed by atoms with Gasteiger partial charge in [0.1, 0.15) is 0 Å². The highest BCUT2D eigenvalue weighted by Gasteiger charge is 2.22. The number of aromatic nitrogens is 1. The number of anilines is 1. The molecule has 2 rings (SSSR count). The van der Waals surface area contributed by atoms with Crippen LogP contribution in [0.5, 0.6) is 0 Å². The molecule has 19 heavy (non-hydrogen) atoms. The molecule has 2 heterocycles. The summed E-state index contributed by atoms with van der Waals surface area (Å²) < 4.78 is 5.79. The maximum absolute atomic E-state index is 5.79. The quantitative estimate of drug-likeness (QED) is 0.883. The fraction of sp³-hybridized carbons (Fsp3) is 0.667. The SMILES string of the molecule is CCOC1CCCN(c2cc(C)ncc2CNC)C1. The highest BCUT2D eigenvalue weighted by atomic mass is 16.5. The van der Waals surface area contributed by atoms with E-state index in [1.807, 2.05) is 13.2 Å². The van der Waals surface area contributed by atoms with Crippen molar-refractivity contribution in [2.24, 2.45) is 0 Å². The fourth-order valence-corrected chi connectivity index (χ4v) is 2.72. The van der Waals surface area contributed by atoms with Crippen LogP contribution < -0.4 is 10.2 Å². The Kier molecular flexibility index (Phi) is 5.16. The summed E-state index contributed by atoms with van der Waals surface area (Å²) in [6, 6.07) is 2.20. The van der Waals surface area contributed by atoms with Crippen LogP contribution in [0.4, 0.5) is 5.69 Å². The number of hydrogen-bond donors (Lipinski definition) is 1. The van der Waals surface area contributed by atoms with E-state index in [0.29, 0.717) is 6.10 Å². The van der Waals surface area contributed by atoms with Crippen LogP contribution in [-0.4, -0.2) is 37.8 Å². The van der Waals surface area contributed by atoms with Gasteiger partial charge in [0.15, 0.2) is 0 Å². The van der Waals surface area contributed by atoms with Gasteiger partial charge in [0.05, 0.1) is 6.10 Å². The Morgan fingerprint density at radius 1 is 1.53 bits per heavy atom. The maximum atomic E-state index is 5.79. The number of hydrogen-bond acceptors (Lipinski definition) is 4. The molecule has 106 valence electrons. The molecule has 0 amide bonds. The second-order valence-electron chi connectivity index (χ2n) is 5.15. The van der Waals surface area contributed by atoms with Crippen molar-refractivity contribution in [2.75, 3.05) is 31.6 Å². The molecule has 1 aliphatic rings. The van der Waals surface area contributed by atoms with Gasteiger partial charge >= 0.3 is 0 Å². The number of rotatable bonds is 5. The van der Waals surface area contributed by atoms with Gasteiger partial charge in [0, 0.05) is 49.4 Å². The van der Waals surface area contributed by atoms with Crippen LogP contribution in [0.25, 0.3) is 0 Å². The van der Waals surface area contributed by atoms with Crippen LogP contribution in [0.15, 0.2) is 12.3 Å². The van der Waals surface area contributed by atoms with Crippen molar-refractivity contribution in [1.29, 1.82) is 0 Å². The third-order valence-corrected chi connectivity index (χ3v) is 3.59. The van der Waals surface area contributed by atoms with Gasteiger partial charge in [-0.1, -0.05) is 0 Å². The van der Waals surface area contributed by atoms with Gasteiger partial charge in [-0.2, -0.15) is 0 Å². The molecule has 0 spiro atoms. The van der Waals surface area contributed by atoms with Crippen LogP contribution >= 0.6 is 0 Å². The molecule has 1 unspecified atom stereocenters. The topological polar surface area (TPSA) is 37.4 Å². The first-order valence-corrected chi connectivity index (χ1v) is 7.21. The van der Waals surface area contributed by atoms with E-state index in [9.17, 15) is 0 Å². The minimum absolute atomic E-state index is 0.370. The average Bonchev–Trinajstić information content (AvgIpc) is 2.42. The lowest BCUT2D eigenvalue weighted by Crippen LogP contribution is -2.40. The zero-order valence-corrected chi connectivity index (χ0v) is 12.3. The van der Waals surface area contributed by atoms with Crippen LogP contribution in [0.3, 0.4) is 0 Å². The fourth-order valence-electron chi connectivity index (χ4n) is 2.72. The van der Waals surface area contributed by atoms with Crippen LogP contribution in [0.2, 0.25) is 0 Å². The summed E-state index contributed by atoms with van der Waals surface area (Å²) in [4.78, 5) is 6.86. The second-order valence-corrected chi connectivity index (χ2v) is 5.15. The summed E-state index contributed by atoms with van der Waals surface area (Å²) in [6.45, 7) is 7.89. The zero-order chi connectivity index (χ0) is 13.7. The van der Waals surface area contributed by atoms with Gasteiger partial charge < -0.3 is 15.0 Å². The van der Waals surface area contributed by atoms with Crippen molar-refractivity contribution in [3.8, 4) is 0 Å². The normalized spacial score (nSPS) is 19.7. The molecule has 4 heteroatoms. The van der Waals surface area contributed by atoms with E-state index >= 15 is 0 Å². The van der Waals surface area contributed by atoms with Crippen molar-refractivity contribution in [1.82, 2.24) is 10.3 Å². The lowest BCUT2D eigenvalue weighted by molar-refractivity contribution is 0.0526. The number of ether oxygens (including phenoxy) is 1. The van der Waals surface area contributed by atoms with Gasteiger partial charge in [-0.25, -0.2) is 0 Å². The predicted molar refractivity (Wildman–Crippen MR) is 78.6 cm³/mol. The predicted octanol–water partition coefficient (Wildman–Crippen LogP) is 2.11. The van der Waals surface area contributed by atoms with Crippen LogP contribution in [0, 0.1) is 6.92 Å². The lowest BCUT2D eigenvalue weighted by Gasteiger charge is -2.35. The highest BCUT2D eigenvalue weighted by Crippen LogP contribution is 2.25. The van der Waals surface area contributed by atoms with Gasteiger partial charge in [0.2, 0.25) is 0 Å². The first kappa shape index (κ1) is 14.3. The molecular formula is C15H25N3O. The summed E-state index contributed by atoms with van der Waals surface area (Å²) in [5.41, 5.74) is 3.66. The van der Waals surface area contributed by atoms with Crippen molar-refractivity contribution in [2.45, 2.75) is 39.3 Å². The largest absolute Gasteiger partial charge is 0.377 e. The Morgan fingerprint density at radius 2 is 2.37 bits per heavy atom. The molecule has 4 nitrogen and oxygen atoms in total. The molecule has 1 aliphatic heterocycles. The third kappa shape index (κ3) is 3.67. The number of nitrogens with one attached hydrogen (secondary N) is 1. The number of nitrogens with zero attached hydrogens (tertiary/aromatic N) is 2. The molecule has 1 N–H and O–H groups in total. The molecule has 1 aromatic rings. The van der Waals surface area contributed by atoms with E-state index < -0.39 is 0 Å². The second kappa shape index (κ2) is 6.87. The molecule has 0 bridgehead atoms. The number of pyridine rings is 1. The van der Waals surface area contributed by atoms with Gasteiger partial charge in [-0.05, 0) is 39.8 Å². The Hall–Kier alpha value is -1.13. The van der Waals surface area contributed by atoms with Crippen LogP contribution in [0.1, 0.15) is 31.0 Å². The van der Waals surface area contributed by atoms with Gasteiger partial charge in [0.25, 0.3) is 0 Å². The summed E-state index contributed by atoms with van der Waals surface area (Å²) in [5, 5.41) is 3.22. The summed E-state index contributed by atoms with van der Waals surface area (Å²) >= 11 is 0. The van der Waals surface area contributed by atoms with E-state index in [2.05, 4.69) is 35.1 Å². The van der Waals surface area contributed by atoms with Gasteiger partial charge in [-0.3, -0.25) is 4.98 Å². The van der Waals surface area contributed by atoms with E-state index in [-0.39, 0.29) is 0 Å². The standard InChI is InChI=1S/C15H25N3O/c1-4-19-14-6-5-7-18(11-14)15-8-12(2)17-10-13(15)9-16-3/h8,10,14,16H,4-7,9,11H2,1-3H3. The van der Waals surface area contributed by atoms with Crippen molar-refractivity contribution in [3.63, 3.8) is 0 Å². The van der Waals surface area contributed by atoms with Crippen molar-refractivity contribution < 1.29 is 4.74 Å². The van der Waals surface area contributed by atoms with E-state index in [4.69, 9.17) is 4.74 Å². The third-order valence-electron chi connectivity index (χ3n) is 3.59. The van der Waals surface area contributed by atoms with Crippen molar-refractivity contribution >= 4 is 5.69 Å². The molecule has 0 saturated carbocycles. The number of aryl methyl sites for hydroxylation is 1. The van der Waals surface area contributed by atoms with E-state index in [1.54, 1.807) is 0 Å². The minimum Gasteiger partial charge on any atom is -0.377 e. The molecule has 1 aromatic heterocycles. The summed E-state index contributed by atoms with van der Waals surface area (Å²) in [6.07, 6.45) is 4.74. The smallest absolute Gasteiger partial charge is 0.0750 e. The molecule has 1 atom stereocenters. The number of piperidine rings is 1. The summed E-state index contributed by atoms with van der Waals surface area (Å²) in [5.74, 6) is 0. The van der Waals surface area contributed by atoms with Gasteiger partial charge in [-0.15, -0.1) is 0 Å². The Labute approximate surface area is 116 Å². The summed E-state index contributed by atoms with van der Waals surface area (Å²) in [7, 11) is 1.98. The molecule has 0 aromatic carbocycles. The first-order chi connectivity index (χ1) is 9.24. The molecular weight excluding hydrogens is 238 g/mol. The zero-order valence-electron chi connectivity index (χ0n) is 12.3. The van der Waals surface area contributed by atoms with E-state index in [0.717, 1.165) is 31.9 Å². The van der Waals surface area contributed by atoms with Crippen molar-refractivity contribution in [3.05, 3.63) is 23.5 Å². The molecule has 1 saturated heterocycles. The minimum atomic E-state index is 0.370. The average molecular weight is 263 g/mol. The van der Waals surface area contributed by atoms with Crippen LogP contribution in [-0.2, 0) is 11.3 Å². The lowest BCUT2D eigenvalue weighted by atomic mass is 10.1. The Morgan fingerprint density at radius 3 is 3.11 bits per heavy atom. The Bertz CT molecular complexity index is 406. The molecule has 1 fully saturated rings. The molecule has 0 aliphatic carbocycles. The molecule has 0 radical (unpaired) electrons. The maximum Gasteiger partial charge on any atom is 0.0750 e. The monoisotopic (exact) mass is 263 g/mol. The highest BCUT2D eigenvalue weighted by molar-refractivity contribution is 5.54. The first-order valence-electron chi connectivity index (χ1n) is 7.21.